The molecule has 1 aromatic heterocycles. The quantitative estimate of drug-likeness (QED) is 0.816. The second-order valence-electron chi connectivity index (χ2n) is 8.07. The van der Waals surface area contributed by atoms with E-state index in [1.165, 1.54) is 5.56 Å². The van der Waals surface area contributed by atoms with Crippen LogP contribution in [-0.4, -0.2) is 68.6 Å². The van der Waals surface area contributed by atoms with E-state index < -0.39 is 0 Å². The molecule has 2 aromatic rings. The van der Waals surface area contributed by atoms with Gasteiger partial charge in [0, 0.05) is 45.7 Å². The summed E-state index contributed by atoms with van der Waals surface area (Å²) in [5.74, 6) is 2.89. The number of methoxy groups -OCH3 is 1. The molecule has 148 valence electrons. The lowest BCUT2D eigenvalue weighted by Crippen LogP contribution is -2.30. The summed E-state index contributed by atoms with van der Waals surface area (Å²) in [5.41, 5.74) is 1.84. The van der Waals surface area contributed by atoms with Crippen LogP contribution in [0.2, 0.25) is 0 Å². The minimum atomic E-state index is -0.0583. The summed E-state index contributed by atoms with van der Waals surface area (Å²) in [7, 11) is 7.42. The van der Waals surface area contributed by atoms with Gasteiger partial charge in [-0.05, 0) is 42.8 Å². The van der Waals surface area contributed by atoms with Gasteiger partial charge in [0.2, 0.25) is 0 Å². The Morgan fingerprint density at radius 3 is 2.54 bits per heavy atom. The van der Waals surface area contributed by atoms with E-state index in [0.717, 1.165) is 31.2 Å². The molecule has 0 aliphatic carbocycles. The number of amides is 1. The molecule has 0 bridgehead atoms. The fraction of sp³-hybridized carbons (Fsp3) is 0.455. The van der Waals surface area contributed by atoms with E-state index >= 15 is 0 Å². The Morgan fingerprint density at radius 1 is 1.11 bits per heavy atom. The van der Waals surface area contributed by atoms with Crippen molar-refractivity contribution >= 4 is 11.7 Å². The molecule has 28 heavy (non-hydrogen) atoms. The molecule has 0 saturated carbocycles. The third-order valence-corrected chi connectivity index (χ3v) is 6.04. The summed E-state index contributed by atoms with van der Waals surface area (Å²) in [6.45, 7) is 3.01. The molecule has 0 radical (unpaired) electrons. The molecule has 2 fully saturated rings. The zero-order chi connectivity index (χ0) is 19.8. The number of nitrogens with zero attached hydrogens (tertiary/aromatic N) is 4. The van der Waals surface area contributed by atoms with E-state index in [1.54, 1.807) is 32.2 Å². The predicted octanol–water partition coefficient (Wildman–Crippen LogP) is 2.53. The molecule has 0 N–H and O–H groups in total. The number of aromatic nitrogens is 1. The topological polar surface area (TPSA) is 48.9 Å². The average molecular weight is 380 g/mol. The highest BCUT2D eigenvalue weighted by atomic mass is 16.5. The zero-order valence-electron chi connectivity index (χ0n) is 17.0. The van der Waals surface area contributed by atoms with Crippen LogP contribution in [0.25, 0.3) is 0 Å². The van der Waals surface area contributed by atoms with Gasteiger partial charge in [0.05, 0.1) is 7.11 Å². The van der Waals surface area contributed by atoms with E-state index in [9.17, 15) is 4.79 Å². The van der Waals surface area contributed by atoms with Gasteiger partial charge in [-0.1, -0.05) is 18.2 Å². The van der Waals surface area contributed by atoms with Crippen molar-refractivity contribution in [3.05, 3.63) is 53.7 Å². The molecule has 3 heterocycles. The maximum absolute atomic E-state index is 12.3. The van der Waals surface area contributed by atoms with Crippen LogP contribution in [0, 0.1) is 11.8 Å². The highest BCUT2D eigenvalue weighted by molar-refractivity contribution is 5.92. The summed E-state index contributed by atoms with van der Waals surface area (Å²) in [6, 6.07) is 14.6. The number of hydrogen-bond donors (Lipinski definition) is 0. The van der Waals surface area contributed by atoms with E-state index in [-0.39, 0.29) is 5.91 Å². The summed E-state index contributed by atoms with van der Waals surface area (Å²) in [5, 5.41) is 0. The fourth-order valence-electron chi connectivity index (χ4n) is 4.70. The lowest BCUT2D eigenvalue weighted by atomic mass is 9.89. The SMILES string of the molecule is COc1ccc([C@H]2[C@@H]3CN(c4cccc(C(=O)N(C)C)n4)C[C@@H]3CN2C)cc1. The normalized spacial score (nSPS) is 24.3. The van der Waals surface area contributed by atoms with Crippen molar-refractivity contribution in [2.24, 2.45) is 11.8 Å². The Kier molecular flexibility index (Phi) is 4.98. The molecule has 0 unspecified atom stereocenters. The molecule has 4 rings (SSSR count). The molecule has 6 nitrogen and oxygen atoms in total. The Morgan fingerprint density at radius 2 is 1.86 bits per heavy atom. The van der Waals surface area contributed by atoms with Gasteiger partial charge in [-0.15, -0.1) is 0 Å². The number of hydrogen-bond acceptors (Lipinski definition) is 5. The van der Waals surface area contributed by atoms with Gasteiger partial charge in [-0.25, -0.2) is 4.98 Å². The third kappa shape index (κ3) is 3.33. The van der Waals surface area contributed by atoms with Gasteiger partial charge in [0.1, 0.15) is 17.3 Å². The van der Waals surface area contributed by atoms with Crippen LogP contribution in [-0.2, 0) is 0 Å². The number of benzene rings is 1. The van der Waals surface area contributed by atoms with Crippen molar-refractivity contribution in [1.82, 2.24) is 14.8 Å². The van der Waals surface area contributed by atoms with Crippen LogP contribution in [0.4, 0.5) is 5.82 Å². The van der Waals surface area contributed by atoms with E-state index in [0.29, 0.717) is 23.6 Å². The largest absolute Gasteiger partial charge is 0.497 e. The number of likely N-dealkylation sites (tertiary alicyclic amines) is 1. The molecule has 3 atom stereocenters. The standard InChI is InChI=1S/C22H28N4O2/c1-24(2)22(27)19-6-5-7-20(23-19)26-13-16-12-25(3)21(18(16)14-26)15-8-10-17(28-4)11-9-15/h5-11,16,18,21H,12-14H2,1-4H3/t16-,18+,21-/m0/s1. The minimum Gasteiger partial charge on any atom is -0.497 e. The first-order valence-electron chi connectivity index (χ1n) is 9.75. The van der Waals surface area contributed by atoms with Crippen molar-refractivity contribution in [1.29, 1.82) is 0 Å². The summed E-state index contributed by atoms with van der Waals surface area (Å²) in [4.78, 5) is 23.3. The van der Waals surface area contributed by atoms with Crippen molar-refractivity contribution in [2.75, 3.05) is 52.8 Å². The van der Waals surface area contributed by atoms with Gasteiger partial charge < -0.3 is 14.5 Å². The number of rotatable bonds is 4. The molecule has 2 aliphatic rings. The van der Waals surface area contributed by atoms with Crippen molar-refractivity contribution < 1.29 is 9.53 Å². The molecular formula is C22H28N4O2. The van der Waals surface area contributed by atoms with E-state index in [1.807, 2.05) is 24.3 Å². The number of anilines is 1. The fourth-order valence-corrected chi connectivity index (χ4v) is 4.70. The Balaban J connectivity index is 1.54. The maximum Gasteiger partial charge on any atom is 0.272 e. The van der Waals surface area contributed by atoms with Crippen LogP contribution in [0.5, 0.6) is 5.75 Å². The number of pyridine rings is 1. The van der Waals surface area contributed by atoms with E-state index in [4.69, 9.17) is 4.74 Å². The minimum absolute atomic E-state index is 0.0583. The van der Waals surface area contributed by atoms with Crippen LogP contribution in [0.1, 0.15) is 22.1 Å². The van der Waals surface area contributed by atoms with Crippen molar-refractivity contribution in [3.8, 4) is 5.75 Å². The molecule has 2 saturated heterocycles. The molecule has 6 heteroatoms. The average Bonchev–Trinajstić information content (AvgIpc) is 3.24. The first-order valence-corrected chi connectivity index (χ1v) is 9.75. The maximum atomic E-state index is 12.3. The molecule has 0 spiro atoms. The first-order chi connectivity index (χ1) is 13.5. The van der Waals surface area contributed by atoms with Crippen LogP contribution >= 0.6 is 0 Å². The van der Waals surface area contributed by atoms with Crippen molar-refractivity contribution in [2.45, 2.75) is 6.04 Å². The molecule has 1 amide bonds. The predicted molar refractivity (Wildman–Crippen MR) is 110 cm³/mol. The smallest absolute Gasteiger partial charge is 0.272 e. The van der Waals surface area contributed by atoms with Crippen molar-refractivity contribution in [3.63, 3.8) is 0 Å². The van der Waals surface area contributed by atoms with Crippen LogP contribution in [0.15, 0.2) is 42.5 Å². The van der Waals surface area contributed by atoms with Gasteiger partial charge in [0.15, 0.2) is 0 Å². The van der Waals surface area contributed by atoms with Gasteiger partial charge in [-0.3, -0.25) is 9.69 Å². The number of fused-ring (bicyclic) bond motifs is 1. The second-order valence-corrected chi connectivity index (χ2v) is 8.07. The van der Waals surface area contributed by atoms with Gasteiger partial charge in [-0.2, -0.15) is 0 Å². The van der Waals surface area contributed by atoms with E-state index in [2.05, 4.69) is 34.0 Å². The van der Waals surface area contributed by atoms with Gasteiger partial charge in [0.25, 0.3) is 5.91 Å². The summed E-state index contributed by atoms with van der Waals surface area (Å²) in [6.07, 6.45) is 0. The molecule has 2 aliphatic heterocycles. The Hall–Kier alpha value is -2.60. The summed E-state index contributed by atoms with van der Waals surface area (Å²) < 4.78 is 5.31. The highest BCUT2D eigenvalue weighted by Gasteiger charge is 2.46. The molecule has 1 aromatic carbocycles. The monoisotopic (exact) mass is 380 g/mol. The van der Waals surface area contributed by atoms with Crippen LogP contribution in [0.3, 0.4) is 0 Å². The lowest BCUT2D eigenvalue weighted by molar-refractivity contribution is 0.0822. The zero-order valence-corrected chi connectivity index (χ0v) is 17.0. The lowest BCUT2D eigenvalue weighted by Gasteiger charge is -2.27. The Labute approximate surface area is 166 Å². The second kappa shape index (κ2) is 7.43. The number of ether oxygens (including phenoxy) is 1. The Bertz CT molecular complexity index is 852. The van der Waals surface area contributed by atoms with Crippen LogP contribution < -0.4 is 9.64 Å². The first kappa shape index (κ1) is 18.7. The van der Waals surface area contributed by atoms with Gasteiger partial charge >= 0.3 is 0 Å². The molecular weight excluding hydrogens is 352 g/mol. The number of carbonyl (C=O) groups excluding carboxylic acids is 1. The third-order valence-electron chi connectivity index (χ3n) is 6.04. The highest BCUT2D eigenvalue weighted by Crippen LogP contribution is 2.45. The summed E-state index contributed by atoms with van der Waals surface area (Å²) >= 11 is 0. The number of carbonyl (C=O) groups is 1.